The van der Waals surface area contributed by atoms with Crippen LogP contribution in [0.2, 0.25) is 0 Å². The Morgan fingerprint density at radius 1 is 1.04 bits per heavy atom. The van der Waals surface area contributed by atoms with Crippen LogP contribution in [0.4, 0.5) is 0 Å². The normalized spacial score (nSPS) is 12.1. The van der Waals surface area contributed by atoms with Crippen molar-refractivity contribution in [1.82, 2.24) is 0 Å². The van der Waals surface area contributed by atoms with Crippen LogP contribution in [0.15, 0.2) is 54.6 Å². The van der Waals surface area contributed by atoms with Gasteiger partial charge in [0.2, 0.25) is 0 Å². The Balaban J connectivity index is 1.94. The summed E-state index contributed by atoms with van der Waals surface area (Å²) < 4.78 is 10.4. The molecule has 0 heterocycles. The Morgan fingerprint density at radius 3 is 2.22 bits per heavy atom. The van der Waals surface area contributed by atoms with Gasteiger partial charge < -0.3 is 9.47 Å². The van der Waals surface area contributed by atoms with Crippen molar-refractivity contribution in [1.29, 1.82) is 0 Å². The van der Waals surface area contributed by atoms with E-state index in [1.807, 2.05) is 48.5 Å². The lowest BCUT2D eigenvalue weighted by Crippen LogP contribution is -2.03. The van der Waals surface area contributed by atoms with E-state index in [9.17, 15) is 4.79 Å². The largest absolute Gasteiger partial charge is 0.497 e. The lowest BCUT2D eigenvalue weighted by molar-refractivity contribution is -0.128. The number of carbonyl (C=O) groups excluding carboxylic acids is 1. The molecule has 1 unspecified atom stereocenters. The van der Waals surface area contributed by atoms with Crippen molar-refractivity contribution in [3.8, 4) is 11.5 Å². The van der Waals surface area contributed by atoms with Crippen molar-refractivity contribution in [2.75, 3.05) is 7.11 Å². The molecule has 23 heavy (non-hydrogen) atoms. The lowest BCUT2D eigenvalue weighted by Gasteiger charge is -2.09. The summed E-state index contributed by atoms with van der Waals surface area (Å²) in [5.74, 6) is 1.46. The number of esters is 1. The van der Waals surface area contributed by atoms with Crippen LogP contribution in [0.3, 0.4) is 0 Å². The van der Waals surface area contributed by atoms with Crippen molar-refractivity contribution in [2.24, 2.45) is 0 Å². The van der Waals surface area contributed by atoms with Crippen LogP contribution in [0, 0.1) is 0 Å². The number of benzene rings is 2. The topological polar surface area (TPSA) is 35.5 Å². The van der Waals surface area contributed by atoms with Gasteiger partial charge in [-0.15, -0.1) is 0 Å². The predicted molar refractivity (Wildman–Crippen MR) is 92.8 cm³/mol. The monoisotopic (exact) mass is 310 g/mol. The first-order valence-electron chi connectivity index (χ1n) is 7.76. The molecule has 0 fully saturated rings. The summed E-state index contributed by atoms with van der Waals surface area (Å²) in [4.78, 5) is 11.9. The van der Waals surface area contributed by atoms with Crippen molar-refractivity contribution in [2.45, 2.75) is 26.2 Å². The molecule has 0 saturated carbocycles. The number of hydrogen-bond donors (Lipinski definition) is 0. The number of hydrogen-bond acceptors (Lipinski definition) is 3. The number of carbonyl (C=O) groups is 1. The quantitative estimate of drug-likeness (QED) is 0.435. The minimum atomic E-state index is -0.392. The van der Waals surface area contributed by atoms with Gasteiger partial charge in [0.15, 0.2) is 0 Å². The first-order chi connectivity index (χ1) is 11.1. The van der Waals surface area contributed by atoms with E-state index in [1.54, 1.807) is 13.2 Å². The average Bonchev–Trinajstić information content (AvgIpc) is 2.60. The first kappa shape index (κ1) is 16.8. The van der Waals surface area contributed by atoms with Gasteiger partial charge in [-0.3, -0.25) is 0 Å². The van der Waals surface area contributed by atoms with E-state index in [2.05, 4.69) is 13.8 Å². The van der Waals surface area contributed by atoms with Crippen LogP contribution in [0.5, 0.6) is 11.5 Å². The molecular formula is C20H22O3. The fraction of sp³-hybridized carbons (Fsp3) is 0.250. The van der Waals surface area contributed by atoms with Crippen LogP contribution in [0.25, 0.3) is 6.08 Å². The van der Waals surface area contributed by atoms with Gasteiger partial charge in [0, 0.05) is 6.08 Å². The summed E-state index contributed by atoms with van der Waals surface area (Å²) in [6.45, 7) is 4.33. The van der Waals surface area contributed by atoms with E-state index in [1.165, 1.54) is 11.6 Å². The van der Waals surface area contributed by atoms with Crippen molar-refractivity contribution in [3.05, 3.63) is 65.7 Å². The van der Waals surface area contributed by atoms with E-state index in [0.717, 1.165) is 17.7 Å². The molecule has 120 valence electrons. The maximum atomic E-state index is 11.9. The van der Waals surface area contributed by atoms with Gasteiger partial charge in [0.25, 0.3) is 0 Å². The van der Waals surface area contributed by atoms with Crippen LogP contribution in [-0.4, -0.2) is 13.1 Å². The maximum absolute atomic E-state index is 11.9. The van der Waals surface area contributed by atoms with Crippen molar-refractivity contribution < 1.29 is 14.3 Å². The summed E-state index contributed by atoms with van der Waals surface area (Å²) in [7, 11) is 1.62. The molecule has 0 amide bonds. The zero-order chi connectivity index (χ0) is 16.7. The van der Waals surface area contributed by atoms with E-state index in [4.69, 9.17) is 9.47 Å². The molecule has 0 bridgehead atoms. The summed E-state index contributed by atoms with van der Waals surface area (Å²) in [5, 5.41) is 0. The standard InChI is InChI=1S/C20H22O3/c1-4-15(2)17-8-12-19(13-9-17)23-20(21)14-7-16-5-10-18(22-3)11-6-16/h5-15H,4H2,1-3H3/b14-7+. The molecule has 2 aromatic carbocycles. The molecule has 0 aliphatic carbocycles. The third kappa shape index (κ3) is 4.99. The number of methoxy groups -OCH3 is 1. The maximum Gasteiger partial charge on any atom is 0.336 e. The smallest absolute Gasteiger partial charge is 0.336 e. The summed E-state index contributed by atoms with van der Waals surface area (Å²) in [6, 6.07) is 15.1. The highest BCUT2D eigenvalue weighted by atomic mass is 16.5. The van der Waals surface area contributed by atoms with Gasteiger partial charge in [-0.25, -0.2) is 4.79 Å². The molecular weight excluding hydrogens is 288 g/mol. The molecule has 0 aliphatic rings. The van der Waals surface area contributed by atoms with Gasteiger partial charge >= 0.3 is 5.97 Å². The van der Waals surface area contributed by atoms with Gasteiger partial charge in [0.05, 0.1) is 7.11 Å². The highest BCUT2D eigenvalue weighted by Crippen LogP contribution is 2.21. The van der Waals surface area contributed by atoms with Gasteiger partial charge in [-0.05, 0) is 53.8 Å². The van der Waals surface area contributed by atoms with Gasteiger partial charge in [0.1, 0.15) is 11.5 Å². The molecule has 3 nitrogen and oxygen atoms in total. The SMILES string of the molecule is CCC(C)c1ccc(OC(=O)/C=C/c2ccc(OC)cc2)cc1. The lowest BCUT2D eigenvalue weighted by atomic mass is 9.99. The Bertz CT molecular complexity index is 654. The molecule has 0 spiro atoms. The fourth-order valence-electron chi connectivity index (χ4n) is 2.13. The van der Waals surface area contributed by atoms with Gasteiger partial charge in [-0.1, -0.05) is 38.1 Å². The second kappa shape index (κ2) is 8.18. The molecule has 0 radical (unpaired) electrons. The van der Waals surface area contributed by atoms with E-state index in [-0.39, 0.29) is 0 Å². The first-order valence-corrected chi connectivity index (χ1v) is 7.76. The van der Waals surface area contributed by atoms with E-state index in [0.29, 0.717) is 11.7 Å². The molecule has 3 heteroatoms. The summed E-state index contributed by atoms with van der Waals surface area (Å²) >= 11 is 0. The van der Waals surface area contributed by atoms with Crippen LogP contribution in [-0.2, 0) is 4.79 Å². The molecule has 0 N–H and O–H groups in total. The molecule has 2 aromatic rings. The fourth-order valence-corrected chi connectivity index (χ4v) is 2.13. The predicted octanol–water partition coefficient (Wildman–Crippen LogP) is 4.83. The minimum absolute atomic E-state index is 0.392. The highest BCUT2D eigenvalue weighted by Gasteiger charge is 2.04. The average molecular weight is 310 g/mol. The Labute approximate surface area is 137 Å². The van der Waals surface area contributed by atoms with Crippen molar-refractivity contribution in [3.63, 3.8) is 0 Å². The molecule has 0 saturated heterocycles. The van der Waals surface area contributed by atoms with Gasteiger partial charge in [-0.2, -0.15) is 0 Å². The number of rotatable bonds is 6. The molecule has 0 aromatic heterocycles. The van der Waals surface area contributed by atoms with Crippen LogP contribution < -0.4 is 9.47 Å². The molecule has 2 rings (SSSR count). The third-order valence-corrected chi connectivity index (χ3v) is 3.81. The Kier molecular flexibility index (Phi) is 5.98. The number of ether oxygens (including phenoxy) is 2. The molecule has 1 atom stereocenters. The van der Waals surface area contributed by atoms with E-state index >= 15 is 0 Å². The second-order valence-electron chi connectivity index (χ2n) is 5.41. The minimum Gasteiger partial charge on any atom is -0.497 e. The third-order valence-electron chi connectivity index (χ3n) is 3.81. The molecule has 0 aliphatic heterocycles. The van der Waals surface area contributed by atoms with E-state index < -0.39 is 5.97 Å². The summed E-state index contributed by atoms with van der Waals surface area (Å²) in [6.07, 6.45) is 4.23. The Morgan fingerprint density at radius 2 is 1.65 bits per heavy atom. The van der Waals surface area contributed by atoms with Crippen molar-refractivity contribution >= 4 is 12.0 Å². The Hall–Kier alpha value is -2.55. The second-order valence-corrected chi connectivity index (χ2v) is 5.41. The highest BCUT2D eigenvalue weighted by molar-refractivity contribution is 5.88. The summed E-state index contributed by atoms with van der Waals surface area (Å²) in [5.41, 5.74) is 2.16. The van der Waals surface area contributed by atoms with Crippen LogP contribution >= 0.6 is 0 Å². The zero-order valence-corrected chi connectivity index (χ0v) is 13.8. The van der Waals surface area contributed by atoms with Crippen LogP contribution in [0.1, 0.15) is 37.3 Å². The zero-order valence-electron chi connectivity index (χ0n) is 13.8.